The fourth-order valence-corrected chi connectivity index (χ4v) is 1.42. The minimum atomic E-state index is -0.161. The third-order valence-electron chi connectivity index (χ3n) is 2.23. The molecule has 0 aliphatic rings. The molecule has 0 radical (unpaired) electrons. The predicted molar refractivity (Wildman–Crippen MR) is 54.8 cm³/mol. The first-order valence-electron chi connectivity index (χ1n) is 4.54. The molecule has 0 spiro atoms. The Bertz CT molecular complexity index is 282. The van der Waals surface area contributed by atoms with Crippen LogP contribution in [0.5, 0.6) is 0 Å². The molecule has 1 nitrogen and oxygen atoms in total. The lowest BCUT2D eigenvalue weighted by Crippen LogP contribution is -1.98. The lowest BCUT2D eigenvalue weighted by molar-refractivity contribution is 0.625. The van der Waals surface area contributed by atoms with Crippen molar-refractivity contribution in [1.82, 2.24) is 0 Å². The smallest absolute Gasteiger partial charge is 0.146 e. The van der Waals surface area contributed by atoms with E-state index in [9.17, 15) is 4.39 Å². The molecule has 1 rings (SSSR count). The van der Waals surface area contributed by atoms with Crippen LogP contribution in [0.2, 0.25) is 0 Å². The summed E-state index contributed by atoms with van der Waals surface area (Å²) in [5.74, 6) is 0.213. The van der Waals surface area contributed by atoms with Crippen LogP contribution in [0.25, 0.3) is 0 Å². The van der Waals surface area contributed by atoms with E-state index in [1.54, 1.807) is 13.1 Å². The second-order valence-electron chi connectivity index (χ2n) is 3.60. The van der Waals surface area contributed by atoms with Gasteiger partial charge in [-0.3, -0.25) is 0 Å². The van der Waals surface area contributed by atoms with Crippen LogP contribution in [-0.4, -0.2) is 7.05 Å². The minimum Gasteiger partial charge on any atom is -0.386 e. The zero-order chi connectivity index (χ0) is 10.0. The Balaban J connectivity index is 3.20. The summed E-state index contributed by atoms with van der Waals surface area (Å²) in [6.07, 6.45) is 0. The number of hydrogen-bond donors (Lipinski definition) is 1. The summed E-state index contributed by atoms with van der Waals surface area (Å²) in [5.41, 5.74) is 2.62. The molecule has 0 unspecified atom stereocenters. The van der Waals surface area contributed by atoms with E-state index < -0.39 is 0 Å². The van der Waals surface area contributed by atoms with Crippen molar-refractivity contribution < 1.29 is 4.39 Å². The number of hydrogen-bond acceptors (Lipinski definition) is 1. The van der Waals surface area contributed by atoms with Crippen molar-refractivity contribution in [3.8, 4) is 0 Å². The number of benzene rings is 1. The van der Waals surface area contributed by atoms with Gasteiger partial charge in [0.1, 0.15) is 5.82 Å². The molecule has 1 aromatic rings. The average Bonchev–Trinajstić information content (AvgIpc) is 2.03. The molecule has 0 heterocycles. The molecule has 72 valence electrons. The fraction of sp³-hybridized carbons (Fsp3) is 0.455. The average molecular weight is 181 g/mol. The first-order chi connectivity index (χ1) is 6.06. The summed E-state index contributed by atoms with van der Waals surface area (Å²) in [7, 11) is 1.74. The van der Waals surface area contributed by atoms with Crippen LogP contribution in [0.15, 0.2) is 12.1 Å². The molecule has 0 bridgehead atoms. The van der Waals surface area contributed by atoms with E-state index in [0.717, 1.165) is 11.1 Å². The zero-order valence-electron chi connectivity index (χ0n) is 8.61. The fourth-order valence-electron chi connectivity index (χ4n) is 1.42. The summed E-state index contributed by atoms with van der Waals surface area (Å²) in [4.78, 5) is 0. The molecule has 1 aromatic carbocycles. The highest BCUT2D eigenvalue weighted by molar-refractivity contribution is 5.53. The van der Waals surface area contributed by atoms with Gasteiger partial charge in [0.25, 0.3) is 0 Å². The molecular formula is C11H16FN. The van der Waals surface area contributed by atoms with Crippen molar-refractivity contribution in [2.75, 3.05) is 12.4 Å². The lowest BCUT2D eigenvalue weighted by Gasteiger charge is -2.11. The van der Waals surface area contributed by atoms with E-state index in [4.69, 9.17) is 0 Å². The van der Waals surface area contributed by atoms with Gasteiger partial charge in [-0.1, -0.05) is 19.9 Å². The van der Waals surface area contributed by atoms with E-state index in [1.807, 2.05) is 13.0 Å². The zero-order valence-corrected chi connectivity index (χ0v) is 8.61. The van der Waals surface area contributed by atoms with Crippen molar-refractivity contribution in [3.05, 3.63) is 29.1 Å². The van der Waals surface area contributed by atoms with E-state index in [0.29, 0.717) is 11.6 Å². The van der Waals surface area contributed by atoms with Crippen molar-refractivity contribution in [2.45, 2.75) is 26.7 Å². The van der Waals surface area contributed by atoms with Gasteiger partial charge in [-0.25, -0.2) is 4.39 Å². The summed E-state index contributed by atoms with van der Waals surface area (Å²) in [5, 5.41) is 2.85. The maximum Gasteiger partial charge on any atom is 0.146 e. The summed E-state index contributed by atoms with van der Waals surface area (Å²) in [6.45, 7) is 6.04. The highest BCUT2D eigenvalue weighted by atomic mass is 19.1. The van der Waals surface area contributed by atoms with Crippen molar-refractivity contribution in [3.63, 3.8) is 0 Å². The SMILES string of the molecule is CNc1c(C)cc(C(C)C)cc1F. The minimum absolute atomic E-state index is 0.161. The number of rotatable bonds is 2. The second-order valence-corrected chi connectivity index (χ2v) is 3.60. The van der Waals surface area contributed by atoms with Crippen LogP contribution in [0.3, 0.4) is 0 Å². The third-order valence-corrected chi connectivity index (χ3v) is 2.23. The van der Waals surface area contributed by atoms with Crippen molar-refractivity contribution in [2.24, 2.45) is 0 Å². The summed E-state index contributed by atoms with van der Waals surface area (Å²) >= 11 is 0. The predicted octanol–water partition coefficient (Wildman–Crippen LogP) is 3.30. The maximum atomic E-state index is 13.4. The second kappa shape index (κ2) is 3.77. The van der Waals surface area contributed by atoms with Crippen LogP contribution >= 0.6 is 0 Å². The Morgan fingerprint density at radius 1 is 1.31 bits per heavy atom. The first kappa shape index (κ1) is 10.0. The summed E-state index contributed by atoms with van der Waals surface area (Å²) in [6, 6.07) is 3.63. The molecule has 0 aliphatic carbocycles. The highest BCUT2D eigenvalue weighted by Crippen LogP contribution is 2.24. The highest BCUT2D eigenvalue weighted by Gasteiger charge is 2.08. The maximum absolute atomic E-state index is 13.4. The summed E-state index contributed by atoms with van der Waals surface area (Å²) < 4.78 is 13.4. The number of aryl methyl sites for hydroxylation is 1. The molecule has 2 heteroatoms. The number of nitrogens with one attached hydrogen (secondary N) is 1. The van der Waals surface area contributed by atoms with Gasteiger partial charge in [0.15, 0.2) is 0 Å². The lowest BCUT2D eigenvalue weighted by atomic mass is 10.00. The molecule has 1 N–H and O–H groups in total. The van der Waals surface area contributed by atoms with Crippen LogP contribution in [0.4, 0.5) is 10.1 Å². The normalized spacial score (nSPS) is 10.6. The van der Waals surface area contributed by atoms with E-state index in [1.165, 1.54) is 0 Å². The molecule has 0 aliphatic heterocycles. The van der Waals surface area contributed by atoms with E-state index >= 15 is 0 Å². The van der Waals surface area contributed by atoms with Gasteiger partial charge < -0.3 is 5.32 Å². The Labute approximate surface area is 79.0 Å². The van der Waals surface area contributed by atoms with Gasteiger partial charge in [-0.15, -0.1) is 0 Å². The first-order valence-corrected chi connectivity index (χ1v) is 4.54. The molecule has 0 aromatic heterocycles. The molecule has 0 fully saturated rings. The monoisotopic (exact) mass is 181 g/mol. The quantitative estimate of drug-likeness (QED) is 0.738. The van der Waals surface area contributed by atoms with E-state index in [2.05, 4.69) is 19.2 Å². The molecule has 0 saturated heterocycles. The largest absolute Gasteiger partial charge is 0.386 e. The molecule has 0 saturated carbocycles. The Kier molecular flexibility index (Phi) is 2.91. The number of halogens is 1. The van der Waals surface area contributed by atoms with Crippen molar-refractivity contribution >= 4 is 5.69 Å². The molecule has 0 amide bonds. The van der Waals surface area contributed by atoms with E-state index in [-0.39, 0.29) is 5.82 Å². The molecular weight excluding hydrogens is 165 g/mol. The standard InChI is InChI=1S/C11H16FN/c1-7(2)9-5-8(3)11(13-4)10(12)6-9/h5-7,13H,1-4H3. The van der Waals surface area contributed by atoms with Gasteiger partial charge in [0.05, 0.1) is 5.69 Å². The van der Waals surface area contributed by atoms with Crippen LogP contribution in [0, 0.1) is 12.7 Å². The van der Waals surface area contributed by atoms with Crippen LogP contribution < -0.4 is 5.32 Å². The van der Waals surface area contributed by atoms with Gasteiger partial charge in [-0.05, 0) is 30.0 Å². The van der Waals surface area contributed by atoms with Gasteiger partial charge in [0.2, 0.25) is 0 Å². The Morgan fingerprint density at radius 3 is 2.31 bits per heavy atom. The third kappa shape index (κ3) is 2.00. The van der Waals surface area contributed by atoms with Crippen molar-refractivity contribution in [1.29, 1.82) is 0 Å². The molecule has 13 heavy (non-hydrogen) atoms. The topological polar surface area (TPSA) is 12.0 Å². The molecule has 0 atom stereocenters. The van der Waals surface area contributed by atoms with Gasteiger partial charge >= 0.3 is 0 Å². The Morgan fingerprint density at radius 2 is 1.92 bits per heavy atom. The van der Waals surface area contributed by atoms with Gasteiger partial charge in [-0.2, -0.15) is 0 Å². The Hall–Kier alpha value is -1.05. The van der Waals surface area contributed by atoms with Crippen LogP contribution in [0.1, 0.15) is 30.9 Å². The van der Waals surface area contributed by atoms with Gasteiger partial charge in [0, 0.05) is 7.05 Å². The van der Waals surface area contributed by atoms with Crippen LogP contribution in [-0.2, 0) is 0 Å². The number of anilines is 1.